The van der Waals surface area contributed by atoms with Crippen molar-refractivity contribution in [2.75, 3.05) is 13.2 Å². The standard InChI is InChI=1S/C14H22F3NO3/c1-3-8-18(10(2)11-6-4-5-7-11)12(19)13(20)21-9-14(15,16)17/h10-11H,3-9H2,1-2H3. The number of carbonyl (C=O) groups excluding carboxylic acids is 2. The summed E-state index contributed by atoms with van der Waals surface area (Å²) in [6.45, 7) is 2.32. The lowest BCUT2D eigenvalue weighted by Gasteiger charge is -2.32. The molecule has 7 heteroatoms. The maximum atomic E-state index is 12.0. The van der Waals surface area contributed by atoms with Crippen LogP contribution in [-0.2, 0) is 14.3 Å². The van der Waals surface area contributed by atoms with Gasteiger partial charge in [0.1, 0.15) is 0 Å². The number of halogens is 3. The Bertz CT molecular complexity index is 365. The zero-order valence-corrected chi connectivity index (χ0v) is 12.4. The second-order valence-corrected chi connectivity index (χ2v) is 5.47. The van der Waals surface area contributed by atoms with Gasteiger partial charge >= 0.3 is 18.1 Å². The molecule has 1 rings (SSSR count). The normalized spacial score (nSPS) is 17.6. The minimum Gasteiger partial charge on any atom is -0.449 e. The van der Waals surface area contributed by atoms with E-state index in [-0.39, 0.29) is 6.04 Å². The summed E-state index contributed by atoms with van der Waals surface area (Å²) in [4.78, 5) is 24.9. The average Bonchev–Trinajstić information content (AvgIpc) is 2.94. The van der Waals surface area contributed by atoms with Gasteiger partial charge < -0.3 is 9.64 Å². The molecule has 0 aliphatic heterocycles. The van der Waals surface area contributed by atoms with E-state index in [1.54, 1.807) is 0 Å². The Labute approximate surface area is 122 Å². The first kappa shape index (κ1) is 17.8. The first-order valence-electron chi connectivity index (χ1n) is 7.30. The largest absolute Gasteiger partial charge is 0.449 e. The van der Waals surface area contributed by atoms with E-state index < -0.39 is 24.7 Å². The highest BCUT2D eigenvalue weighted by molar-refractivity contribution is 6.32. The third kappa shape index (κ3) is 5.55. The van der Waals surface area contributed by atoms with Crippen LogP contribution in [0.3, 0.4) is 0 Å². The Morgan fingerprint density at radius 3 is 2.33 bits per heavy atom. The van der Waals surface area contributed by atoms with Crippen LogP contribution in [0.5, 0.6) is 0 Å². The number of alkyl halides is 3. The summed E-state index contributed by atoms with van der Waals surface area (Å²) in [6.07, 6.45) is 0.139. The van der Waals surface area contributed by atoms with Gasteiger partial charge in [0, 0.05) is 12.6 Å². The molecule has 0 N–H and O–H groups in total. The number of carbonyl (C=O) groups is 2. The second kappa shape index (κ2) is 7.66. The number of rotatable bonds is 5. The summed E-state index contributed by atoms with van der Waals surface area (Å²) in [5, 5.41) is 0. The van der Waals surface area contributed by atoms with Crippen LogP contribution in [0.25, 0.3) is 0 Å². The summed E-state index contributed by atoms with van der Waals surface area (Å²) >= 11 is 0. The Hall–Kier alpha value is -1.27. The Morgan fingerprint density at radius 2 is 1.86 bits per heavy atom. The van der Waals surface area contributed by atoms with Crippen LogP contribution in [0, 0.1) is 5.92 Å². The van der Waals surface area contributed by atoms with Gasteiger partial charge in [-0.2, -0.15) is 13.2 Å². The fourth-order valence-corrected chi connectivity index (χ4v) is 2.75. The van der Waals surface area contributed by atoms with Crippen molar-refractivity contribution in [3.8, 4) is 0 Å². The maximum absolute atomic E-state index is 12.0. The highest BCUT2D eigenvalue weighted by atomic mass is 19.4. The molecule has 1 unspecified atom stereocenters. The third-order valence-corrected chi connectivity index (χ3v) is 3.84. The van der Waals surface area contributed by atoms with Crippen molar-refractivity contribution in [3.05, 3.63) is 0 Å². The van der Waals surface area contributed by atoms with Crippen LogP contribution < -0.4 is 0 Å². The minimum atomic E-state index is -4.62. The fourth-order valence-electron chi connectivity index (χ4n) is 2.75. The number of amides is 1. The number of hydrogen-bond acceptors (Lipinski definition) is 3. The van der Waals surface area contributed by atoms with Crippen LogP contribution in [0.15, 0.2) is 0 Å². The van der Waals surface area contributed by atoms with Gasteiger partial charge in [0.25, 0.3) is 0 Å². The van der Waals surface area contributed by atoms with Crippen molar-refractivity contribution in [2.24, 2.45) is 5.92 Å². The van der Waals surface area contributed by atoms with Gasteiger partial charge in [-0.25, -0.2) is 4.79 Å². The van der Waals surface area contributed by atoms with E-state index in [1.165, 1.54) is 4.90 Å². The number of esters is 1. The van der Waals surface area contributed by atoms with Gasteiger partial charge in [-0.1, -0.05) is 19.8 Å². The van der Waals surface area contributed by atoms with E-state index in [4.69, 9.17) is 0 Å². The minimum absolute atomic E-state index is 0.154. The topological polar surface area (TPSA) is 46.6 Å². The first-order chi connectivity index (χ1) is 9.76. The van der Waals surface area contributed by atoms with Crippen molar-refractivity contribution >= 4 is 11.9 Å². The molecule has 0 bridgehead atoms. The van der Waals surface area contributed by atoms with Crippen LogP contribution >= 0.6 is 0 Å². The molecule has 1 atom stereocenters. The molecule has 1 saturated carbocycles. The molecule has 0 aromatic heterocycles. The van der Waals surface area contributed by atoms with Crippen LogP contribution in [-0.4, -0.2) is 42.1 Å². The molecule has 0 saturated heterocycles. The lowest BCUT2D eigenvalue weighted by atomic mass is 9.98. The number of ether oxygens (including phenoxy) is 1. The predicted molar refractivity (Wildman–Crippen MR) is 70.4 cm³/mol. The molecule has 1 amide bonds. The lowest BCUT2D eigenvalue weighted by Crippen LogP contribution is -2.46. The monoisotopic (exact) mass is 309 g/mol. The summed E-state index contributed by atoms with van der Waals surface area (Å²) < 4.78 is 40.1. The van der Waals surface area contributed by atoms with Gasteiger partial charge in [0.15, 0.2) is 6.61 Å². The average molecular weight is 309 g/mol. The smallest absolute Gasteiger partial charge is 0.422 e. The molecule has 1 aliphatic rings. The Morgan fingerprint density at radius 1 is 1.29 bits per heavy atom. The molecule has 0 aromatic rings. The Balaban J connectivity index is 2.65. The van der Waals surface area contributed by atoms with E-state index in [0.29, 0.717) is 18.9 Å². The molecule has 21 heavy (non-hydrogen) atoms. The van der Waals surface area contributed by atoms with Gasteiger partial charge in [-0.15, -0.1) is 0 Å². The molecule has 1 fully saturated rings. The number of nitrogens with zero attached hydrogens (tertiary/aromatic N) is 1. The zero-order valence-electron chi connectivity index (χ0n) is 12.4. The molecule has 4 nitrogen and oxygen atoms in total. The first-order valence-corrected chi connectivity index (χ1v) is 7.30. The predicted octanol–water partition coefficient (Wildman–Crippen LogP) is 2.91. The van der Waals surface area contributed by atoms with Crippen molar-refractivity contribution in [1.82, 2.24) is 4.90 Å². The van der Waals surface area contributed by atoms with Crippen molar-refractivity contribution in [1.29, 1.82) is 0 Å². The van der Waals surface area contributed by atoms with E-state index in [1.807, 2.05) is 13.8 Å². The van der Waals surface area contributed by atoms with Crippen molar-refractivity contribution in [2.45, 2.75) is 58.2 Å². The van der Waals surface area contributed by atoms with Crippen LogP contribution in [0.4, 0.5) is 13.2 Å². The molecular weight excluding hydrogens is 287 g/mol. The highest BCUT2D eigenvalue weighted by Gasteiger charge is 2.35. The van der Waals surface area contributed by atoms with Gasteiger partial charge in [0.2, 0.25) is 0 Å². The fraction of sp³-hybridized carbons (Fsp3) is 0.857. The van der Waals surface area contributed by atoms with Gasteiger partial charge in [0.05, 0.1) is 0 Å². The zero-order chi connectivity index (χ0) is 16.0. The SMILES string of the molecule is CCCN(C(=O)C(=O)OCC(F)(F)F)C(C)C1CCCC1. The summed E-state index contributed by atoms with van der Waals surface area (Å²) in [7, 11) is 0. The molecule has 0 spiro atoms. The van der Waals surface area contributed by atoms with E-state index in [9.17, 15) is 22.8 Å². The summed E-state index contributed by atoms with van der Waals surface area (Å²) in [6, 6.07) is -0.154. The third-order valence-electron chi connectivity index (χ3n) is 3.84. The summed E-state index contributed by atoms with van der Waals surface area (Å²) in [5.74, 6) is -2.10. The molecular formula is C14H22F3NO3. The van der Waals surface area contributed by atoms with Crippen molar-refractivity contribution in [3.63, 3.8) is 0 Å². The van der Waals surface area contributed by atoms with Crippen molar-refractivity contribution < 1.29 is 27.5 Å². The maximum Gasteiger partial charge on any atom is 0.422 e. The van der Waals surface area contributed by atoms with E-state index in [2.05, 4.69) is 4.74 Å². The van der Waals surface area contributed by atoms with E-state index in [0.717, 1.165) is 25.7 Å². The Kier molecular flexibility index (Phi) is 6.48. The van der Waals surface area contributed by atoms with Crippen LogP contribution in [0.1, 0.15) is 46.0 Å². The highest BCUT2D eigenvalue weighted by Crippen LogP contribution is 2.30. The summed E-state index contributed by atoms with van der Waals surface area (Å²) in [5.41, 5.74) is 0. The second-order valence-electron chi connectivity index (χ2n) is 5.47. The van der Waals surface area contributed by atoms with Gasteiger partial charge in [-0.05, 0) is 32.1 Å². The molecule has 0 radical (unpaired) electrons. The number of hydrogen-bond donors (Lipinski definition) is 0. The van der Waals surface area contributed by atoms with Gasteiger partial charge in [-0.3, -0.25) is 4.79 Å². The molecule has 1 aliphatic carbocycles. The van der Waals surface area contributed by atoms with E-state index >= 15 is 0 Å². The lowest BCUT2D eigenvalue weighted by molar-refractivity contribution is -0.190. The molecule has 0 aromatic carbocycles. The molecule has 0 heterocycles. The van der Waals surface area contributed by atoms with Crippen LogP contribution in [0.2, 0.25) is 0 Å². The molecule has 122 valence electrons. The quantitative estimate of drug-likeness (QED) is 0.579.